The molecule has 3 unspecified atom stereocenters. The van der Waals surface area contributed by atoms with Gasteiger partial charge in [-0.25, -0.2) is 0 Å². The highest BCUT2D eigenvalue weighted by atomic mass is 15.1. The molecule has 5 rings (SSSR count). The second-order valence-electron chi connectivity index (χ2n) is 7.02. The van der Waals surface area contributed by atoms with Crippen LogP contribution in [0.15, 0.2) is 28.2 Å². The van der Waals surface area contributed by atoms with Crippen molar-refractivity contribution in [2.75, 3.05) is 31.5 Å². The van der Waals surface area contributed by atoms with E-state index in [2.05, 4.69) is 44.1 Å². The molecule has 0 radical (unpaired) electrons. The molecule has 3 heterocycles. The molecule has 3 atom stereocenters. The van der Waals surface area contributed by atoms with E-state index >= 15 is 0 Å². The lowest BCUT2D eigenvalue weighted by molar-refractivity contribution is 0.370. The van der Waals surface area contributed by atoms with E-state index in [0.717, 1.165) is 32.0 Å². The van der Waals surface area contributed by atoms with Crippen molar-refractivity contribution in [1.82, 2.24) is 10.6 Å². The number of anilines is 1. The first-order chi connectivity index (χ1) is 11.4. The van der Waals surface area contributed by atoms with Gasteiger partial charge in [-0.2, -0.15) is 0 Å². The summed E-state index contributed by atoms with van der Waals surface area (Å²) in [6, 6.07) is 7.39. The monoisotopic (exact) mass is 309 g/mol. The number of hydrogen-bond acceptors (Lipinski definition) is 5. The lowest BCUT2D eigenvalue weighted by Crippen LogP contribution is -2.36. The number of fused-ring (bicyclic) bond motifs is 3. The Morgan fingerprint density at radius 1 is 1.00 bits per heavy atom. The van der Waals surface area contributed by atoms with Gasteiger partial charge in [0.15, 0.2) is 0 Å². The molecule has 1 saturated carbocycles. The summed E-state index contributed by atoms with van der Waals surface area (Å²) < 4.78 is 0. The van der Waals surface area contributed by atoms with Crippen molar-refractivity contribution in [1.29, 1.82) is 0 Å². The highest BCUT2D eigenvalue weighted by molar-refractivity contribution is 6.00. The van der Waals surface area contributed by atoms with Crippen molar-refractivity contribution >= 4 is 17.4 Å². The van der Waals surface area contributed by atoms with Crippen molar-refractivity contribution in [2.24, 2.45) is 15.9 Å². The molecular weight excluding hydrogens is 286 g/mol. The van der Waals surface area contributed by atoms with E-state index in [1.807, 2.05) is 0 Å². The Kier molecular flexibility index (Phi) is 3.06. The van der Waals surface area contributed by atoms with Crippen LogP contribution in [-0.2, 0) is 0 Å². The van der Waals surface area contributed by atoms with Gasteiger partial charge >= 0.3 is 0 Å². The molecule has 4 aliphatic rings. The molecule has 1 fully saturated rings. The van der Waals surface area contributed by atoms with Crippen molar-refractivity contribution in [3.05, 3.63) is 29.3 Å². The lowest BCUT2D eigenvalue weighted by atomic mass is 9.76. The van der Waals surface area contributed by atoms with Crippen LogP contribution in [0.25, 0.3) is 0 Å². The Morgan fingerprint density at radius 3 is 2.74 bits per heavy atom. The van der Waals surface area contributed by atoms with Crippen LogP contribution in [0.1, 0.15) is 36.3 Å². The predicted molar refractivity (Wildman–Crippen MR) is 93.6 cm³/mol. The first-order valence-corrected chi connectivity index (χ1v) is 8.86. The van der Waals surface area contributed by atoms with Crippen molar-refractivity contribution in [3.8, 4) is 0 Å². The van der Waals surface area contributed by atoms with Gasteiger partial charge in [0, 0.05) is 42.2 Å². The molecule has 5 heteroatoms. The maximum Gasteiger partial charge on any atom is 0.128 e. The maximum atomic E-state index is 4.64. The van der Waals surface area contributed by atoms with E-state index in [1.54, 1.807) is 0 Å². The number of hydrogen-bond donors (Lipinski definition) is 3. The summed E-state index contributed by atoms with van der Waals surface area (Å²) in [5, 5.41) is 10.6. The van der Waals surface area contributed by atoms with Crippen molar-refractivity contribution in [3.63, 3.8) is 0 Å². The highest BCUT2D eigenvalue weighted by Crippen LogP contribution is 2.46. The number of rotatable bonds is 2. The fraction of sp³-hybridized carbons (Fsp3) is 0.556. The van der Waals surface area contributed by atoms with Gasteiger partial charge in [0.1, 0.15) is 5.84 Å². The molecular formula is C18H23N5. The minimum absolute atomic E-state index is 0.558. The first kappa shape index (κ1) is 13.4. The Morgan fingerprint density at radius 2 is 1.91 bits per heavy atom. The topological polar surface area (TPSA) is 60.8 Å². The molecule has 120 valence electrons. The summed E-state index contributed by atoms with van der Waals surface area (Å²) >= 11 is 0. The molecule has 0 amide bonds. The molecule has 3 aliphatic heterocycles. The normalized spacial score (nSPS) is 31.4. The largest absolute Gasteiger partial charge is 0.381 e. The molecule has 0 saturated heterocycles. The molecule has 1 aromatic carbocycles. The third-order valence-corrected chi connectivity index (χ3v) is 5.68. The number of nitrogens with one attached hydrogen (secondary N) is 3. The Hall–Kier alpha value is -2.04. The Bertz CT molecular complexity index is 693. The molecule has 3 N–H and O–H groups in total. The number of amidine groups is 2. The van der Waals surface area contributed by atoms with Crippen LogP contribution in [0.5, 0.6) is 0 Å². The first-order valence-electron chi connectivity index (χ1n) is 8.86. The molecule has 0 aromatic heterocycles. The smallest absolute Gasteiger partial charge is 0.128 e. The standard InChI is InChI=1S/C18H23N5/c1-3-13-14-4-2-12(18-21-7-8-22-18)10-16(14)23-15(13)9-11(1)17-19-5-6-20-17/h1,3,9,12,14,16,23H,2,4-8,10H2,(H,19,20)(H,21,22). The number of benzene rings is 1. The SMILES string of the molecule is c1cc2c(cc1C1=NCCN1)NC1CC(C3=NCCN3)CCC21. The molecule has 5 nitrogen and oxygen atoms in total. The number of nitrogens with zero attached hydrogens (tertiary/aromatic N) is 2. The Balaban J connectivity index is 1.38. The third-order valence-electron chi connectivity index (χ3n) is 5.68. The van der Waals surface area contributed by atoms with Gasteiger partial charge in [0.05, 0.1) is 18.9 Å². The zero-order valence-corrected chi connectivity index (χ0v) is 13.3. The van der Waals surface area contributed by atoms with E-state index in [0.29, 0.717) is 17.9 Å². The highest BCUT2D eigenvalue weighted by Gasteiger charge is 2.39. The van der Waals surface area contributed by atoms with Crippen LogP contribution < -0.4 is 16.0 Å². The summed E-state index contributed by atoms with van der Waals surface area (Å²) in [4.78, 5) is 9.18. The van der Waals surface area contributed by atoms with Crippen LogP contribution in [-0.4, -0.2) is 43.9 Å². The quantitative estimate of drug-likeness (QED) is 0.779. The van der Waals surface area contributed by atoms with Crippen LogP contribution in [0.4, 0.5) is 5.69 Å². The van der Waals surface area contributed by atoms with Gasteiger partial charge < -0.3 is 16.0 Å². The summed E-state index contributed by atoms with van der Waals surface area (Å²) in [5.74, 6) is 3.58. The van der Waals surface area contributed by atoms with E-state index in [9.17, 15) is 0 Å². The van der Waals surface area contributed by atoms with Crippen LogP contribution in [0.3, 0.4) is 0 Å². The van der Waals surface area contributed by atoms with E-state index in [1.165, 1.54) is 41.9 Å². The van der Waals surface area contributed by atoms with E-state index in [4.69, 9.17) is 0 Å². The summed E-state index contributed by atoms with van der Waals surface area (Å²) in [7, 11) is 0. The fourth-order valence-electron chi connectivity index (χ4n) is 4.58. The second-order valence-corrected chi connectivity index (χ2v) is 7.02. The van der Waals surface area contributed by atoms with Gasteiger partial charge in [-0.05, 0) is 30.9 Å². The predicted octanol–water partition coefficient (Wildman–Crippen LogP) is 1.72. The number of aliphatic imine (C=N–C) groups is 2. The fourth-order valence-corrected chi connectivity index (χ4v) is 4.58. The third kappa shape index (κ3) is 2.21. The summed E-state index contributed by atoms with van der Waals surface area (Å²) in [6.07, 6.45) is 3.71. The van der Waals surface area contributed by atoms with Gasteiger partial charge in [0.25, 0.3) is 0 Å². The van der Waals surface area contributed by atoms with Gasteiger partial charge in [-0.15, -0.1) is 0 Å². The zero-order valence-electron chi connectivity index (χ0n) is 13.3. The van der Waals surface area contributed by atoms with E-state index in [-0.39, 0.29) is 0 Å². The minimum Gasteiger partial charge on any atom is -0.381 e. The lowest BCUT2D eigenvalue weighted by Gasteiger charge is -2.32. The van der Waals surface area contributed by atoms with Crippen LogP contribution >= 0.6 is 0 Å². The average molecular weight is 309 g/mol. The average Bonchev–Trinajstić information content (AvgIpc) is 3.32. The molecule has 23 heavy (non-hydrogen) atoms. The zero-order chi connectivity index (χ0) is 15.2. The van der Waals surface area contributed by atoms with Gasteiger partial charge in [0.2, 0.25) is 0 Å². The van der Waals surface area contributed by atoms with Gasteiger partial charge in [-0.3, -0.25) is 9.98 Å². The summed E-state index contributed by atoms with van der Waals surface area (Å²) in [5.41, 5.74) is 4.03. The Labute approximate surface area is 136 Å². The van der Waals surface area contributed by atoms with Crippen LogP contribution in [0.2, 0.25) is 0 Å². The second kappa shape index (κ2) is 5.25. The molecule has 0 bridgehead atoms. The minimum atomic E-state index is 0.558. The van der Waals surface area contributed by atoms with Crippen molar-refractivity contribution < 1.29 is 0 Å². The summed E-state index contributed by atoms with van der Waals surface area (Å²) in [6.45, 7) is 3.82. The maximum absolute atomic E-state index is 4.64. The van der Waals surface area contributed by atoms with Gasteiger partial charge in [-0.1, -0.05) is 12.1 Å². The molecule has 0 spiro atoms. The van der Waals surface area contributed by atoms with Crippen LogP contribution in [0, 0.1) is 5.92 Å². The van der Waals surface area contributed by atoms with Crippen molar-refractivity contribution in [2.45, 2.75) is 31.2 Å². The van der Waals surface area contributed by atoms with E-state index < -0.39 is 0 Å². The molecule has 1 aliphatic carbocycles. The molecule has 1 aromatic rings.